The maximum Gasteiger partial charge on any atom is 0.259 e. The molecule has 2 N–H and O–H groups in total. The average Bonchev–Trinajstić information content (AvgIpc) is 3.11. The number of rotatable bonds is 12. The molecule has 0 aliphatic heterocycles. The van der Waals surface area contributed by atoms with Crippen molar-refractivity contribution in [3.05, 3.63) is 69.4 Å². The Kier molecular flexibility index (Phi) is 9.78. The van der Waals surface area contributed by atoms with Gasteiger partial charge in [-0.3, -0.25) is 15.1 Å². The molecule has 1 aromatic heterocycles. The number of hydrogen-bond donors (Lipinski definition) is 2. The van der Waals surface area contributed by atoms with Crippen LogP contribution in [0, 0.1) is 15.9 Å². The number of furan rings is 1. The number of aliphatic imine (C=N–C) groups is 1. The van der Waals surface area contributed by atoms with Gasteiger partial charge in [-0.2, -0.15) is 11.8 Å². The Balaban J connectivity index is 1.78. The van der Waals surface area contributed by atoms with Crippen LogP contribution in [0.1, 0.15) is 23.2 Å². The Labute approximate surface area is 179 Å². The van der Waals surface area contributed by atoms with Crippen molar-refractivity contribution < 1.29 is 18.8 Å². The molecule has 2 aromatic rings. The van der Waals surface area contributed by atoms with Crippen molar-refractivity contribution in [1.82, 2.24) is 10.2 Å². The lowest BCUT2D eigenvalue weighted by Gasteiger charge is -2.11. The monoisotopic (exact) mass is 438 g/mol. The second-order valence-electron chi connectivity index (χ2n) is 6.90. The Morgan fingerprint density at radius 2 is 2.07 bits per heavy atom. The quantitative estimate of drug-likeness (QED) is 0.173. The van der Waals surface area contributed by atoms with Crippen LogP contribution in [0.3, 0.4) is 0 Å². The summed E-state index contributed by atoms with van der Waals surface area (Å²) in [5.74, 6) is 2.79. The fraction of sp³-hybridized carbons (Fsp3) is 0.450. The lowest BCUT2D eigenvalue weighted by Crippen LogP contribution is -2.32. The van der Waals surface area contributed by atoms with Crippen molar-refractivity contribution in [3.8, 4) is 0 Å². The van der Waals surface area contributed by atoms with Gasteiger partial charge in [0.2, 0.25) is 0 Å². The molecule has 1 heterocycles. The SMILES string of the molecule is CN(C)Cc1ccc(CSCCNC(C[N+](=O)[O-])=NCC(O)c2ccccc2F)o1. The van der Waals surface area contributed by atoms with Crippen LogP contribution in [0.2, 0.25) is 0 Å². The van der Waals surface area contributed by atoms with Gasteiger partial charge in [-0.15, -0.1) is 0 Å². The van der Waals surface area contributed by atoms with E-state index < -0.39 is 23.4 Å². The minimum Gasteiger partial charge on any atom is -0.464 e. The summed E-state index contributed by atoms with van der Waals surface area (Å²) in [6.07, 6.45) is -1.17. The summed E-state index contributed by atoms with van der Waals surface area (Å²) in [5.41, 5.74) is 0.115. The van der Waals surface area contributed by atoms with E-state index in [2.05, 4.69) is 10.3 Å². The second-order valence-corrected chi connectivity index (χ2v) is 8.01. The van der Waals surface area contributed by atoms with Crippen LogP contribution >= 0.6 is 11.8 Å². The van der Waals surface area contributed by atoms with Crippen LogP contribution in [0.4, 0.5) is 4.39 Å². The van der Waals surface area contributed by atoms with Crippen molar-refractivity contribution in [3.63, 3.8) is 0 Å². The lowest BCUT2D eigenvalue weighted by molar-refractivity contribution is -0.463. The molecule has 8 nitrogen and oxygen atoms in total. The van der Waals surface area contributed by atoms with Crippen LogP contribution in [-0.4, -0.2) is 60.2 Å². The number of benzene rings is 1. The average molecular weight is 439 g/mol. The molecule has 1 aromatic carbocycles. The van der Waals surface area contributed by atoms with Crippen LogP contribution in [-0.2, 0) is 12.3 Å². The zero-order valence-electron chi connectivity index (χ0n) is 17.1. The minimum absolute atomic E-state index is 0.115. The predicted molar refractivity (Wildman–Crippen MR) is 116 cm³/mol. The van der Waals surface area contributed by atoms with Crippen LogP contribution in [0.5, 0.6) is 0 Å². The summed E-state index contributed by atoms with van der Waals surface area (Å²) in [6.45, 7) is 0.566. The fourth-order valence-electron chi connectivity index (χ4n) is 2.66. The molecule has 0 amide bonds. The van der Waals surface area contributed by atoms with Gasteiger partial charge in [0.05, 0.1) is 18.8 Å². The highest BCUT2D eigenvalue weighted by atomic mass is 32.2. The molecule has 1 unspecified atom stereocenters. The Bertz CT molecular complexity index is 844. The van der Waals surface area contributed by atoms with E-state index >= 15 is 0 Å². The van der Waals surface area contributed by atoms with E-state index in [1.807, 2.05) is 31.1 Å². The first-order valence-electron chi connectivity index (χ1n) is 9.46. The van der Waals surface area contributed by atoms with Crippen LogP contribution in [0.25, 0.3) is 0 Å². The standard InChI is InChI=1S/C20H27FN4O4S/c1-24(2)12-15-7-8-16(29-15)14-30-10-9-22-20(13-25(27)28)23-11-19(26)17-5-3-4-6-18(17)21/h3-8,19,26H,9-14H2,1-2H3,(H,22,23). The summed E-state index contributed by atoms with van der Waals surface area (Å²) >= 11 is 1.63. The molecule has 0 spiro atoms. The van der Waals surface area contributed by atoms with Gasteiger partial charge in [-0.25, -0.2) is 4.39 Å². The molecule has 0 fully saturated rings. The Morgan fingerprint density at radius 3 is 2.77 bits per heavy atom. The van der Waals surface area contributed by atoms with Crippen LogP contribution in [0.15, 0.2) is 45.8 Å². The highest BCUT2D eigenvalue weighted by Crippen LogP contribution is 2.17. The highest BCUT2D eigenvalue weighted by Gasteiger charge is 2.13. The van der Waals surface area contributed by atoms with E-state index in [0.717, 1.165) is 18.1 Å². The molecule has 0 aliphatic carbocycles. The molecule has 164 valence electrons. The van der Waals surface area contributed by atoms with Crippen molar-refractivity contribution in [2.75, 3.05) is 39.5 Å². The number of aliphatic hydroxyl groups excluding tert-OH is 1. The summed E-state index contributed by atoms with van der Waals surface area (Å²) < 4.78 is 19.5. The largest absolute Gasteiger partial charge is 0.464 e. The topological polar surface area (TPSA) is 104 Å². The molecule has 0 saturated heterocycles. The molecule has 0 aliphatic rings. The summed E-state index contributed by atoms with van der Waals surface area (Å²) in [7, 11) is 3.95. The zero-order valence-corrected chi connectivity index (χ0v) is 17.9. The minimum atomic E-state index is -1.17. The van der Waals surface area contributed by atoms with E-state index in [9.17, 15) is 19.6 Å². The maximum absolute atomic E-state index is 13.7. The van der Waals surface area contributed by atoms with E-state index in [1.54, 1.807) is 17.8 Å². The first kappa shape index (κ1) is 23.8. The molecule has 0 bridgehead atoms. The summed E-state index contributed by atoms with van der Waals surface area (Å²) in [4.78, 5) is 16.5. The molecule has 10 heteroatoms. The van der Waals surface area contributed by atoms with E-state index in [-0.39, 0.29) is 17.9 Å². The predicted octanol–water partition coefficient (Wildman–Crippen LogP) is 2.71. The van der Waals surface area contributed by atoms with Gasteiger partial charge in [-0.05, 0) is 32.3 Å². The van der Waals surface area contributed by atoms with Gasteiger partial charge in [0.15, 0.2) is 5.84 Å². The molecule has 1 atom stereocenters. The van der Waals surface area contributed by atoms with E-state index in [4.69, 9.17) is 4.42 Å². The number of nitrogens with one attached hydrogen (secondary N) is 1. The van der Waals surface area contributed by atoms with Crippen molar-refractivity contribution >= 4 is 17.6 Å². The number of halogens is 1. The smallest absolute Gasteiger partial charge is 0.259 e. The lowest BCUT2D eigenvalue weighted by atomic mass is 10.1. The first-order valence-corrected chi connectivity index (χ1v) is 10.6. The molecule has 0 radical (unpaired) electrons. The molecule has 2 rings (SSSR count). The first-order chi connectivity index (χ1) is 14.3. The third kappa shape index (κ3) is 8.52. The van der Waals surface area contributed by atoms with Gasteiger partial charge in [0.1, 0.15) is 23.4 Å². The number of thioether (sulfide) groups is 1. The third-order valence-corrected chi connectivity index (χ3v) is 4.99. The van der Waals surface area contributed by atoms with Crippen LogP contribution < -0.4 is 5.32 Å². The van der Waals surface area contributed by atoms with Gasteiger partial charge in [-0.1, -0.05) is 18.2 Å². The molecule has 30 heavy (non-hydrogen) atoms. The zero-order chi connectivity index (χ0) is 21.9. The number of nitrogens with zero attached hydrogens (tertiary/aromatic N) is 3. The van der Waals surface area contributed by atoms with Gasteiger partial charge in [0, 0.05) is 22.8 Å². The number of aliphatic hydroxyl groups is 1. The van der Waals surface area contributed by atoms with Crippen molar-refractivity contribution in [2.45, 2.75) is 18.4 Å². The number of amidine groups is 1. The van der Waals surface area contributed by atoms with E-state index in [0.29, 0.717) is 18.1 Å². The Morgan fingerprint density at radius 1 is 1.33 bits per heavy atom. The van der Waals surface area contributed by atoms with Gasteiger partial charge < -0.3 is 19.7 Å². The highest BCUT2D eigenvalue weighted by molar-refractivity contribution is 7.98. The normalized spacial score (nSPS) is 12.9. The Hall–Kier alpha value is -2.43. The molecule has 0 saturated carbocycles. The van der Waals surface area contributed by atoms with Crippen molar-refractivity contribution in [1.29, 1.82) is 0 Å². The van der Waals surface area contributed by atoms with Gasteiger partial charge in [0.25, 0.3) is 6.54 Å². The molecular weight excluding hydrogens is 411 g/mol. The summed E-state index contributed by atoms with van der Waals surface area (Å²) in [5, 5.41) is 23.9. The van der Waals surface area contributed by atoms with Crippen molar-refractivity contribution in [2.24, 2.45) is 4.99 Å². The van der Waals surface area contributed by atoms with Gasteiger partial charge >= 0.3 is 0 Å². The maximum atomic E-state index is 13.7. The number of nitro groups is 1. The van der Waals surface area contributed by atoms with E-state index in [1.165, 1.54) is 18.2 Å². The molecular formula is C20H27FN4O4S. The fourth-order valence-corrected chi connectivity index (χ4v) is 3.41. The summed E-state index contributed by atoms with van der Waals surface area (Å²) in [6, 6.07) is 9.75. The second kappa shape index (κ2) is 12.3. The third-order valence-electron chi connectivity index (χ3n) is 4.01. The number of hydrogen-bond acceptors (Lipinski definition) is 7.